The summed E-state index contributed by atoms with van der Waals surface area (Å²) >= 11 is 0. The zero-order valence-electron chi connectivity index (χ0n) is 17.2. The number of aryl methyl sites for hydroxylation is 1. The molecule has 7 nitrogen and oxygen atoms in total. The standard InChI is InChI=1S/C23H23N5O2/c1-4-19-15(3)24-23-26-20(16-9-7-6-8-10-16)27-28(23)21(19)25-18-13-11-17(12-14-18)22(29)30-5-2/h6-14,25H,4-5H2,1-3H3. The van der Waals surface area contributed by atoms with Crippen LogP contribution in [-0.2, 0) is 11.2 Å². The van der Waals surface area contributed by atoms with Crippen molar-refractivity contribution in [3.05, 3.63) is 71.4 Å². The fraction of sp³-hybridized carbons (Fsp3) is 0.217. The summed E-state index contributed by atoms with van der Waals surface area (Å²) in [5.41, 5.74) is 4.25. The lowest BCUT2D eigenvalue weighted by Crippen LogP contribution is -2.09. The number of rotatable bonds is 6. The molecule has 0 aliphatic rings. The van der Waals surface area contributed by atoms with E-state index in [4.69, 9.17) is 9.84 Å². The number of fused-ring (bicyclic) bond motifs is 1. The summed E-state index contributed by atoms with van der Waals surface area (Å²) in [5.74, 6) is 1.65. The van der Waals surface area contributed by atoms with Crippen LogP contribution in [0.15, 0.2) is 54.6 Å². The van der Waals surface area contributed by atoms with Gasteiger partial charge in [0.1, 0.15) is 5.82 Å². The van der Waals surface area contributed by atoms with E-state index < -0.39 is 0 Å². The Kier molecular flexibility index (Phi) is 5.43. The van der Waals surface area contributed by atoms with Gasteiger partial charge in [-0.3, -0.25) is 0 Å². The third kappa shape index (κ3) is 3.74. The number of nitrogens with one attached hydrogen (secondary N) is 1. The van der Waals surface area contributed by atoms with Gasteiger partial charge in [-0.05, 0) is 44.5 Å². The second-order valence-electron chi connectivity index (χ2n) is 6.81. The molecular weight excluding hydrogens is 378 g/mol. The average molecular weight is 401 g/mol. The van der Waals surface area contributed by atoms with Gasteiger partial charge in [0.05, 0.1) is 12.2 Å². The first kappa shape index (κ1) is 19.6. The van der Waals surface area contributed by atoms with Crippen LogP contribution in [0.5, 0.6) is 0 Å². The highest BCUT2D eigenvalue weighted by Crippen LogP contribution is 2.26. The van der Waals surface area contributed by atoms with Gasteiger partial charge < -0.3 is 10.1 Å². The molecule has 30 heavy (non-hydrogen) atoms. The molecule has 152 valence electrons. The van der Waals surface area contributed by atoms with Gasteiger partial charge in [0.15, 0.2) is 5.82 Å². The summed E-state index contributed by atoms with van der Waals surface area (Å²) in [6.07, 6.45) is 0.790. The minimum Gasteiger partial charge on any atom is -0.462 e. The molecule has 0 atom stereocenters. The van der Waals surface area contributed by atoms with Crippen molar-refractivity contribution in [1.82, 2.24) is 19.6 Å². The first-order valence-electron chi connectivity index (χ1n) is 9.96. The van der Waals surface area contributed by atoms with Crippen LogP contribution in [0.25, 0.3) is 17.2 Å². The second-order valence-corrected chi connectivity index (χ2v) is 6.81. The molecule has 0 radical (unpaired) electrons. The fourth-order valence-corrected chi connectivity index (χ4v) is 3.34. The lowest BCUT2D eigenvalue weighted by atomic mass is 10.1. The largest absolute Gasteiger partial charge is 0.462 e. The Labute approximate surface area is 174 Å². The number of anilines is 2. The number of hydrogen-bond acceptors (Lipinski definition) is 6. The van der Waals surface area contributed by atoms with Crippen LogP contribution in [0, 0.1) is 6.92 Å². The maximum Gasteiger partial charge on any atom is 0.338 e. The van der Waals surface area contributed by atoms with E-state index >= 15 is 0 Å². The molecule has 0 amide bonds. The van der Waals surface area contributed by atoms with Crippen molar-refractivity contribution in [3.63, 3.8) is 0 Å². The van der Waals surface area contributed by atoms with Crippen molar-refractivity contribution >= 4 is 23.3 Å². The number of hydrogen-bond donors (Lipinski definition) is 1. The number of esters is 1. The van der Waals surface area contributed by atoms with Crippen LogP contribution in [0.3, 0.4) is 0 Å². The van der Waals surface area contributed by atoms with Crippen molar-refractivity contribution < 1.29 is 9.53 Å². The van der Waals surface area contributed by atoms with Crippen molar-refractivity contribution in [2.24, 2.45) is 0 Å². The zero-order valence-corrected chi connectivity index (χ0v) is 17.2. The summed E-state index contributed by atoms with van der Waals surface area (Å²) in [5, 5.41) is 8.14. The monoisotopic (exact) mass is 401 g/mol. The van der Waals surface area contributed by atoms with Crippen LogP contribution in [0.2, 0.25) is 0 Å². The van der Waals surface area contributed by atoms with Crippen molar-refractivity contribution in [3.8, 4) is 11.4 Å². The number of carbonyl (C=O) groups excluding carboxylic acids is 1. The molecule has 0 spiro atoms. The first-order chi connectivity index (χ1) is 14.6. The van der Waals surface area contributed by atoms with E-state index in [2.05, 4.69) is 22.2 Å². The van der Waals surface area contributed by atoms with Crippen molar-refractivity contribution in [1.29, 1.82) is 0 Å². The predicted molar refractivity (Wildman–Crippen MR) is 116 cm³/mol. The first-order valence-corrected chi connectivity index (χ1v) is 9.96. The quantitative estimate of drug-likeness (QED) is 0.476. The number of ether oxygens (including phenoxy) is 1. The number of carbonyl (C=O) groups is 1. The lowest BCUT2D eigenvalue weighted by molar-refractivity contribution is 0.0526. The van der Waals surface area contributed by atoms with Gasteiger partial charge in [0, 0.05) is 22.5 Å². The van der Waals surface area contributed by atoms with E-state index in [-0.39, 0.29) is 5.97 Å². The van der Waals surface area contributed by atoms with Gasteiger partial charge in [-0.25, -0.2) is 9.78 Å². The SMILES string of the molecule is CCOC(=O)c1ccc(Nc2c(CC)c(C)nc3nc(-c4ccccc4)nn23)cc1. The summed E-state index contributed by atoms with van der Waals surface area (Å²) in [4.78, 5) is 21.2. The molecule has 2 aromatic carbocycles. The molecule has 0 aliphatic heterocycles. The number of aromatic nitrogens is 4. The van der Waals surface area contributed by atoms with E-state index in [1.165, 1.54) is 0 Å². The highest BCUT2D eigenvalue weighted by atomic mass is 16.5. The van der Waals surface area contributed by atoms with E-state index in [0.29, 0.717) is 23.8 Å². The summed E-state index contributed by atoms with van der Waals surface area (Å²) < 4.78 is 6.79. The zero-order chi connectivity index (χ0) is 21.1. The predicted octanol–water partition coefficient (Wildman–Crippen LogP) is 4.58. The second kappa shape index (κ2) is 8.32. The van der Waals surface area contributed by atoms with Crippen LogP contribution < -0.4 is 5.32 Å². The highest BCUT2D eigenvalue weighted by Gasteiger charge is 2.17. The Hall–Kier alpha value is -3.74. The third-order valence-corrected chi connectivity index (χ3v) is 4.84. The maximum absolute atomic E-state index is 11.9. The topological polar surface area (TPSA) is 81.4 Å². The average Bonchev–Trinajstić information content (AvgIpc) is 3.19. The molecule has 2 aromatic heterocycles. The Balaban J connectivity index is 1.75. The number of benzene rings is 2. The van der Waals surface area contributed by atoms with E-state index in [1.54, 1.807) is 23.6 Å². The van der Waals surface area contributed by atoms with Gasteiger partial charge in [0.25, 0.3) is 5.78 Å². The minimum absolute atomic E-state index is 0.329. The van der Waals surface area contributed by atoms with Crippen LogP contribution >= 0.6 is 0 Å². The smallest absolute Gasteiger partial charge is 0.338 e. The highest BCUT2D eigenvalue weighted by molar-refractivity contribution is 5.90. The fourth-order valence-electron chi connectivity index (χ4n) is 3.34. The van der Waals surface area contributed by atoms with E-state index in [0.717, 1.165) is 34.7 Å². The summed E-state index contributed by atoms with van der Waals surface area (Å²) in [6.45, 7) is 6.20. The van der Waals surface area contributed by atoms with Crippen LogP contribution in [-0.4, -0.2) is 32.2 Å². The third-order valence-electron chi connectivity index (χ3n) is 4.84. The molecule has 4 aromatic rings. The molecular formula is C23H23N5O2. The van der Waals surface area contributed by atoms with Crippen molar-refractivity contribution in [2.75, 3.05) is 11.9 Å². The Morgan fingerprint density at radius 1 is 1.03 bits per heavy atom. The Morgan fingerprint density at radius 2 is 1.77 bits per heavy atom. The molecule has 0 bridgehead atoms. The number of nitrogens with zero attached hydrogens (tertiary/aromatic N) is 4. The normalized spacial score (nSPS) is 10.9. The van der Waals surface area contributed by atoms with E-state index in [1.807, 2.05) is 49.4 Å². The van der Waals surface area contributed by atoms with Gasteiger partial charge in [0.2, 0.25) is 0 Å². The van der Waals surface area contributed by atoms with Crippen molar-refractivity contribution in [2.45, 2.75) is 27.2 Å². The molecule has 0 aliphatic carbocycles. The van der Waals surface area contributed by atoms with Gasteiger partial charge >= 0.3 is 5.97 Å². The van der Waals surface area contributed by atoms with Gasteiger partial charge in [-0.2, -0.15) is 9.50 Å². The lowest BCUT2D eigenvalue weighted by Gasteiger charge is -2.14. The van der Waals surface area contributed by atoms with Crippen LogP contribution in [0.1, 0.15) is 35.5 Å². The molecule has 0 unspecified atom stereocenters. The van der Waals surface area contributed by atoms with Gasteiger partial charge in [-0.15, -0.1) is 5.10 Å². The minimum atomic E-state index is -0.329. The summed E-state index contributed by atoms with van der Waals surface area (Å²) in [6, 6.07) is 17.0. The molecule has 0 fully saturated rings. The molecule has 1 N–H and O–H groups in total. The molecule has 2 heterocycles. The molecule has 0 saturated carbocycles. The van der Waals surface area contributed by atoms with Crippen LogP contribution in [0.4, 0.5) is 11.5 Å². The van der Waals surface area contributed by atoms with Gasteiger partial charge in [-0.1, -0.05) is 37.3 Å². The Bertz CT molecular complexity index is 1180. The Morgan fingerprint density at radius 3 is 2.43 bits per heavy atom. The summed E-state index contributed by atoms with van der Waals surface area (Å²) in [7, 11) is 0. The maximum atomic E-state index is 11.9. The van der Waals surface area contributed by atoms with E-state index in [9.17, 15) is 4.79 Å². The molecule has 0 saturated heterocycles. The molecule has 4 rings (SSSR count). The molecule has 7 heteroatoms.